The SMILES string of the molecule is COC(=O)C1=C(C)N(Cn2cnc3ccccc32)C(C)=C(C(=O)OC)C1c1ccccc1C. The van der Waals surface area contributed by atoms with Gasteiger partial charge in [0, 0.05) is 11.4 Å². The van der Waals surface area contributed by atoms with Gasteiger partial charge in [0.05, 0.1) is 48.6 Å². The number of rotatable bonds is 5. The molecule has 0 saturated heterocycles. The van der Waals surface area contributed by atoms with E-state index in [1.807, 2.05) is 78.8 Å². The number of aromatic nitrogens is 2. The molecule has 0 fully saturated rings. The van der Waals surface area contributed by atoms with Crippen molar-refractivity contribution >= 4 is 23.0 Å². The number of imidazole rings is 1. The zero-order chi connectivity index (χ0) is 23.7. The lowest BCUT2D eigenvalue weighted by Crippen LogP contribution is -2.36. The maximum Gasteiger partial charge on any atom is 0.336 e. The molecular weight excluding hydrogens is 418 g/mol. The summed E-state index contributed by atoms with van der Waals surface area (Å²) < 4.78 is 12.4. The van der Waals surface area contributed by atoms with E-state index < -0.39 is 17.9 Å². The van der Waals surface area contributed by atoms with E-state index in [1.54, 1.807) is 6.33 Å². The molecular formula is C26H27N3O4. The molecule has 0 unspecified atom stereocenters. The Morgan fingerprint density at radius 2 is 1.45 bits per heavy atom. The first-order valence-corrected chi connectivity index (χ1v) is 10.7. The number of nitrogens with zero attached hydrogens (tertiary/aromatic N) is 3. The Morgan fingerprint density at radius 1 is 0.879 bits per heavy atom. The zero-order valence-corrected chi connectivity index (χ0v) is 19.5. The van der Waals surface area contributed by atoms with E-state index in [0.29, 0.717) is 17.8 Å². The Kier molecular flexibility index (Phi) is 6.05. The Balaban J connectivity index is 1.93. The van der Waals surface area contributed by atoms with Crippen LogP contribution in [0.4, 0.5) is 0 Å². The fraction of sp³-hybridized carbons (Fsp3) is 0.269. The number of esters is 2. The van der Waals surface area contributed by atoms with Gasteiger partial charge < -0.3 is 18.9 Å². The number of benzene rings is 2. The Morgan fingerprint density at radius 3 is 2.06 bits per heavy atom. The number of fused-ring (bicyclic) bond motifs is 1. The van der Waals surface area contributed by atoms with Gasteiger partial charge in [-0.15, -0.1) is 0 Å². The average molecular weight is 446 g/mol. The highest BCUT2D eigenvalue weighted by molar-refractivity contribution is 6.00. The van der Waals surface area contributed by atoms with Gasteiger partial charge in [0.15, 0.2) is 0 Å². The number of aryl methyl sites for hydroxylation is 1. The molecule has 0 aliphatic carbocycles. The molecule has 1 aliphatic heterocycles. The van der Waals surface area contributed by atoms with Gasteiger partial charge in [-0.1, -0.05) is 36.4 Å². The van der Waals surface area contributed by atoms with Gasteiger partial charge in [0.1, 0.15) is 6.67 Å². The highest BCUT2D eigenvalue weighted by Crippen LogP contribution is 2.44. The van der Waals surface area contributed by atoms with Crippen molar-refractivity contribution in [2.24, 2.45) is 0 Å². The fourth-order valence-electron chi connectivity index (χ4n) is 4.56. The quantitative estimate of drug-likeness (QED) is 0.546. The smallest absolute Gasteiger partial charge is 0.336 e. The summed E-state index contributed by atoms with van der Waals surface area (Å²) in [6.07, 6.45) is 1.76. The van der Waals surface area contributed by atoms with E-state index in [9.17, 15) is 9.59 Å². The summed E-state index contributed by atoms with van der Waals surface area (Å²) in [4.78, 5) is 32.6. The molecule has 7 heteroatoms. The third kappa shape index (κ3) is 3.80. The fourth-order valence-corrected chi connectivity index (χ4v) is 4.56. The molecule has 0 saturated carbocycles. The van der Waals surface area contributed by atoms with Crippen LogP contribution >= 0.6 is 0 Å². The molecule has 0 atom stereocenters. The van der Waals surface area contributed by atoms with E-state index in [0.717, 1.165) is 33.6 Å². The van der Waals surface area contributed by atoms with E-state index >= 15 is 0 Å². The molecule has 2 heterocycles. The van der Waals surface area contributed by atoms with Crippen molar-refractivity contribution in [1.82, 2.24) is 14.5 Å². The number of hydrogen-bond acceptors (Lipinski definition) is 6. The minimum absolute atomic E-state index is 0.375. The number of ether oxygens (including phenoxy) is 2. The molecule has 4 rings (SSSR count). The predicted octanol–water partition coefficient (Wildman–Crippen LogP) is 4.30. The van der Waals surface area contributed by atoms with E-state index in [-0.39, 0.29) is 0 Å². The van der Waals surface area contributed by atoms with Gasteiger partial charge in [0.25, 0.3) is 0 Å². The van der Waals surface area contributed by atoms with Crippen LogP contribution in [0.3, 0.4) is 0 Å². The van der Waals surface area contributed by atoms with Crippen molar-refractivity contribution in [3.8, 4) is 0 Å². The number of allylic oxidation sites excluding steroid dienone is 2. The van der Waals surface area contributed by atoms with E-state index in [4.69, 9.17) is 9.47 Å². The third-order valence-electron chi connectivity index (χ3n) is 6.30. The van der Waals surface area contributed by atoms with Crippen LogP contribution in [0.5, 0.6) is 0 Å². The van der Waals surface area contributed by atoms with Crippen molar-refractivity contribution in [2.45, 2.75) is 33.4 Å². The van der Waals surface area contributed by atoms with Gasteiger partial charge >= 0.3 is 11.9 Å². The summed E-state index contributed by atoms with van der Waals surface area (Å²) in [6, 6.07) is 15.6. The molecule has 170 valence electrons. The molecule has 0 spiro atoms. The lowest BCUT2D eigenvalue weighted by atomic mass is 9.78. The van der Waals surface area contributed by atoms with Crippen LogP contribution in [0, 0.1) is 6.92 Å². The summed E-state index contributed by atoms with van der Waals surface area (Å²) in [7, 11) is 2.71. The molecule has 0 radical (unpaired) electrons. The average Bonchev–Trinajstić information content (AvgIpc) is 3.24. The van der Waals surface area contributed by atoms with Gasteiger partial charge in [-0.2, -0.15) is 0 Å². The summed E-state index contributed by atoms with van der Waals surface area (Å²) in [6.45, 7) is 6.11. The molecule has 1 aromatic heterocycles. The second kappa shape index (κ2) is 8.94. The van der Waals surface area contributed by atoms with Crippen LogP contribution in [0.15, 0.2) is 77.4 Å². The van der Waals surface area contributed by atoms with Crippen molar-refractivity contribution in [3.63, 3.8) is 0 Å². The first-order valence-electron chi connectivity index (χ1n) is 10.7. The normalized spacial score (nSPS) is 14.8. The molecule has 2 aromatic carbocycles. The predicted molar refractivity (Wildman–Crippen MR) is 125 cm³/mol. The molecule has 0 amide bonds. The van der Waals surface area contributed by atoms with Gasteiger partial charge in [-0.3, -0.25) is 0 Å². The Bertz CT molecular complexity index is 1260. The van der Waals surface area contributed by atoms with Crippen LogP contribution in [0.25, 0.3) is 11.0 Å². The van der Waals surface area contributed by atoms with Gasteiger partial charge in [-0.25, -0.2) is 14.6 Å². The largest absolute Gasteiger partial charge is 0.466 e. The summed E-state index contributed by atoms with van der Waals surface area (Å²) >= 11 is 0. The number of carbonyl (C=O) groups excluding carboxylic acids is 2. The standard InChI is InChI=1S/C26H27N3O4/c1-16-10-6-7-11-19(16)24-22(25(30)32-4)17(2)29(18(3)23(24)26(31)33-5)15-28-14-27-20-12-8-9-13-21(20)28/h6-14,24H,15H2,1-5H3. The molecule has 0 bridgehead atoms. The second-order valence-electron chi connectivity index (χ2n) is 8.04. The first kappa shape index (κ1) is 22.3. The molecule has 1 aliphatic rings. The minimum Gasteiger partial charge on any atom is -0.466 e. The highest BCUT2D eigenvalue weighted by atomic mass is 16.5. The lowest BCUT2D eigenvalue weighted by Gasteiger charge is -2.38. The van der Waals surface area contributed by atoms with Crippen LogP contribution in [0.2, 0.25) is 0 Å². The molecule has 33 heavy (non-hydrogen) atoms. The summed E-state index contributed by atoms with van der Waals surface area (Å²) in [5, 5.41) is 0. The maximum atomic E-state index is 13.1. The Hall–Kier alpha value is -3.87. The topological polar surface area (TPSA) is 73.7 Å². The number of hydrogen-bond donors (Lipinski definition) is 0. The summed E-state index contributed by atoms with van der Waals surface area (Å²) in [5.41, 5.74) is 5.94. The minimum atomic E-state index is -0.595. The zero-order valence-electron chi connectivity index (χ0n) is 19.5. The van der Waals surface area contributed by atoms with Crippen LogP contribution in [0.1, 0.15) is 30.9 Å². The van der Waals surface area contributed by atoms with Crippen molar-refractivity contribution in [1.29, 1.82) is 0 Å². The van der Waals surface area contributed by atoms with Crippen LogP contribution < -0.4 is 0 Å². The maximum absolute atomic E-state index is 13.1. The lowest BCUT2D eigenvalue weighted by molar-refractivity contribution is -0.137. The number of carbonyl (C=O) groups is 2. The van der Waals surface area contributed by atoms with E-state index in [1.165, 1.54) is 14.2 Å². The van der Waals surface area contributed by atoms with Crippen molar-refractivity contribution in [3.05, 3.63) is 88.5 Å². The monoisotopic (exact) mass is 445 g/mol. The highest BCUT2D eigenvalue weighted by Gasteiger charge is 2.40. The number of para-hydroxylation sites is 2. The molecule has 0 N–H and O–H groups in total. The number of methoxy groups -OCH3 is 2. The molecule has 3 aromatic rings. The third-order valence-corrected chi connectivity index (χ3v) is 6.30. The first-order chi connectivity index (χ1) is 15.9. The van der Waals surface area contributed by atoms with Crippen LogP contribution in [-0.2, 0) is 25.7 Å². The second-order valence-corrected chi connectivity index (χ2v) is 8.04. The van der Waals surface area contributed by atoms with Crippen LogP contribution in [-0.4, -0.2) is 40.6 Å². The van der Waals surface area contributed by atoms with E-state index in [2.05, 4.69) is 4.98 Å². The summed E-state index contributed by atoms with van der Waals surface area (Å²) in [5.74, 6) is -1.55. The van der Waals surface area contributed by atoms with Crippen molar-refractivity contribution in [2.75, 3.05) is 14.2 Å². The van der Waals surface area contributed by atoms with Gasteiger partial charge in [0.2, 0.25) is 0 Å². The van der Waals surface area contributed by atoms with Crippen molar-refractivity contribution < 1.29 is 19.1 Å². The van der Waals surface area contributed by atoms with Gasteiger partial charge in [-0.05, 0) is 44.0 Å². The molecule has 7 nitrogen and oxygen atoms in total. The Labute approximate surface area is 192 Å².